The molecule has 0 heterocycles. The molecule has 270 valence electrons. The summed E-state index contributed by atoms with van der Waals surface area (Å²) in [7, 11) is 0. The lowest BCUT2D eigenvalue weighted by Gasteiger charge is -2.36. The SMILES string of the molecule is CC(C)(c1cc(C(C)(C)c2ccccc2-c2ccc(O)cc2)cc(C(C)(C)c2ccccc2-c2ccc(O)cc2)c1)c1ccccc1-c1ccc(O)cc1. The Morgan fingerprint density at radius 2 is 0.519 bits per heavy atom. The van der Waals surface area contributed by atoms with Gasteiger partial charge in [0.25, 0.3) is 0 Å². The summed E-state index contributed by atoms with van der Waals surface area (Å²) in [5, 5.41) is 30.3. The van der Waals surface area contributed by atoms with Gasteiger partial charge in [-0.3, -0.25) is 0 Å². The molecule has 0 saturated heterocycles. The van der Waals surface area contributed by atoms with Crippen LogP contribution in [-0.4, -0.2) is 15.3 Å². The minimum absolute atomic E-state index is 0.248. The van der Waals surface area contributed by atoms with Crippen molar-refractivity contribution in [3.8, 4) is 50.6 Å². The summed E-state index contributed by atoms with van der Waals surface area (Å²) in [6.07, 6.45) is 0. The lowest BCUT2D eigenvalue weighted by atomic mass is 9.67. The van der Waals surface area contributed by atoms with E-state index >= 15 is 0 Å². The van der Waals surface area contributed by atoms with E-state index in [1.165, 1.54) is 33.4 Å². The zero-order chi connectivity index (χ0) is 38.3. The molecule has 0 fully saturated rings. The summed E-state index contributed by atoms with van der Waals surface area (Å²) in [5.74, 6) is 0.743. The number of benzene rings is 7. The topological polar surface area (TPSA) is 60.7 Å². The molecule has 0 spiro atoms. The molecular formula is C51H48O3. The highest BCUT2D eigenvalue weighted by Crippen LogP contribution is 2.46. The Balaban J connectivity index is 1.46. The molecule has 0 unspecified atom stereocenters. The Morgan fingerprint density at radius 3 is 0.759 bits per heavy atom. The molecule has 0 aliphatic rings. The van der Waals surface area contributed by atoms with Gasteiger partial charge < -0.3 is 15.3 Å². The fourth-order valence-corrected chi connectivity index (χ4v) is 7.94. The van der Waals surface area contributed by atoms with Crippen molar-refractivity contribution in [1.82, 2.24) is 0 Å². The summed E-state index contributed by atoms with van der Waals surface area (Å²) >= 11 is 0. The quantitative estimate of drug-likeness (QED) is 0.140. The lowest BCUT2D eigenvalue weighted by molar-refractivity contribution is 0.475. The fraction of sp³-hybridized carbons (Fsp3) is 0.176. The van der Waals surface area contributed by atoms with E-state index in [1.54, 1.807) is 36.4 Å². The third-order valence-electron chi connectivity index (χ3n) is 11.4. The molecule has 54 heavy (non-hydrogen) atoms. The van der Waals surface area contributed by atoms with Crippen molar-refractivity contribution in [1.29, 1.82) is 0 Å². The maximum atomic E-state index is 10.1. The van der Waals surface area contributed by atoms with Gasteiger partial charge >= 0.3 is 0 Å². The molecule has 0 bridgehead atoms. The minimum Gasteiger partial charge on any atom is -0.508 e. The van der Waals surface area contributed by atoms with Crippen LogP contribution in [0.1, 0.15) is 74.9 Å². The summed E-state index contributed by atoms with van der Waals surface area (Å²) in [5.41, 5.74) is 12.5. The molecule has 0 saturated carbocycles. The van der Waals surface area contributed by atoms with Crippen molar-refractivity contribution in [2.45, 2.75) is 57.8 Å². The predicted molar refractivity (Wildman–Crippen MR) is 223 cm³/mol. The Labute approximate surface area is 319 Å². The number of hydrogen-bond donors (Lipinski definition) is 3. The third kappa shape index (κ3) is 6.78. The standard InChI is InChI=1S/C51H48O3/c1-49(2,46-16-10-7-13-43(46)34-19-25-40(52)26-20-34)37-31-38(50(3,4)47-17-11-8-14-44(47)35-21-27-41(53)28-22-35)33-39(32-37)51(5,6)48-18-12-9-15-45(48)36-23-29-42(54)30-24-36/h7-33,52-54H,1-6H3. The van der Waals surface area contributed by atoms with Gasteiger partial charge in [-0.05, 0) is 103 Å². The van der Waals surface area contributed by atoms with Crippen LogP contribution >= 0.6 is 0 Å². The highest BCUT2D eigenvalue weighted by atomic mass is 16.3. The van der Waals surface area contributed by atoms with Crippen molar-refractivity contribution in [3.63, 3.8) is 0 Å². The van der Waals surface area contributed by atoms with Crippen LogP contribution < -0.4 is 0 Å². The second-order valence-electron chi connectivity index (χ2n) is 16.0. The Kier molecular flexibility index (Phi) is 9.45. The lowest BCUT2D eigenvalue weighted by Crippen LogP contribution is -2.27. The Hall–Kier alpha value is -6.06. The predicted octanol–water partition coefficient (Wildman–Crippen LogP) is 12.8. The van der Waals surface area contributed by atoms with Crippen LogP contribution in [0.15, 0.2) is 164 Å². The summed E-state index contributed by atoms with van der Waals surface area (Å²) in [4.78, 5) is 0. The highest BCUT2D eigenvalue weighted by molar-refractivity contribution is 5.74. The van der Waals surface area contributed by atoms with Gasteiger partial charge in [-0.25, -0.2) is 0 Å². The van der Waals surface area contributed by atoms with E-state index in [-0.39, 0.29) is 17.2 Å². The number of phenols is 3. The molecule has 3 nitrogen and oxygen atoms in total. The highest BCUT2D eigenvalue weighted by Gasteiger charge is 2.35. The van der Waals surface area contributed by atoms with Gasteiger partial charge in [0.15, 0.2) is 0 Å². The van der Waals surface area contributed by atoms with Gasteiger partial charge in [-0.2, -0.15) is 0 Å². The van der Waals surface area contributed by atoms with Crippen molar-refractivity contribution in [2.24, 2.45) is 0 Å². The van der Waals surface area contributed by atoms with E-state index in [4.69, 9.17) is 0 Å². The Bertz CT molecular complexity index is 2130. The molecule has 3 N–H and O–H groups in total. The molecule has 7 aromatic carbocycles. The van der Waals surface area contributed by atoms with Crippen LogP contribution in [0, 0.1) is 0 Å². The van der Waals surface area contributed by atoms with Gasteiger partial charge in [0, 0.05) is 16.2 Å². The first kappa shape index (κ1) is 36.3. The van der Waals surface area contributed by atoms with E-state index < -0.39 is 16.2 Å². The molecule has 0 radical (unpaired) electrons. The van der Waals surface area contributed by atoms with Gasteiger partial charge in [-0.1, -0.05) is 169 Å². The maximum absolute atomic E-state index is 10.1. The van der Waals surface area contributed by atoms with Gasteiger partial charge in [0.05, 0.1) is 0 Å². The molecular weight excluding hydrogens is 661 g/mol. The van der Waals surface area contributed by atoms with E-state index in [1.807, 2.05) is 36.4 Å². The van der Waals surface area contributed by atoms with E-state index in [0.717, 1.165) is 33.4 Å². The molecule has 0 aliphatic heterocycles. The molecule has 3 heteroatoms. The van der Waals surface area contributed by atoms with Gasteiger partial charge in [0.1, 0.15) is 17.2 Å². The molecule has 0 aromatic heterocycles. The molecule has 0 aliphatic carbocycles. The zero-order valence-corrected chi connectivity index (χ0v) is 31.9. The second kappa shape index (κ2) is 14.1. The van der Waals surface area contributed by atoms with Crippen LogP contribution in [0.4, 0.5) is 0 Å². The summed E-state index contributed by atoms with van der Waals surface area (Å²) in [6, 6.07) is 55.4. The van der Waals surface area contributed by atoms with Gasteiger partial charge in [0.2, 0.25) is 0 Å². The molecule has 0 amide bonds. The number of rotatable bonds is 9. The largest absolute Gasteiger partial charge is 0.508 e. The average Bonchev–Trinajstić information content (AvgIpc) is 3.18. The first-order valence-corrected chi connectivity index (χ1v) is 18.6. The third-order valence-corrected chi connectivity index (χ3v) is 11.4. The molecule has 7 rings (SSSR count). The molecule has 0 atom stereocenters. The summed E-state index contributed by atoms with van der Waals surface area (Å²) in [6.45, 7) is 13.9. The monoisotopic (exact) mass is 708 g/mol. The van der Waals surface area contributed by atoms with Crippen LogP contribution in [0.3, 0.4) is 0 Å². The number of phenolic OH excluding ortho intramolecular Hbond substituents is 3. The first-order valence-electron chi connectivity index (χ1n) is 18.6. The number of aromatic hydroxyl groups is 3. The smallest absolute Gasteiger partial charge is 0.115 e. The van der Waals surface area contributed by atoms with E-state index in [2.05, 4.69) is 133 Å². The van der Waals surface area contributed by atoms with Crippen molar-refractivity contribution in [2.75, 3.05) is 0 Å². The van der Waals surface area contributed by atoms with Crippen LogP contribution in [0.25, 0.3) is 33.4 Å². The van der Waals surface area contributed by atoms with E-state index in [0.29, 0.717) is 0 Å². The average molecular weight is 709 g/mol. The van der Waals surface area contributed by atoms with Crippen molar-refractivity contribution >= 4 is 0 Å². The second-order valence-corrected chi connectivity index (χ2v) is 16.0. The molecule has 7 aromatic rings. The van der Waals surface area contributed by atoms with Crippen molar-refractivity contribution < 1.29 is 15.3 Å². The van der Waals surface area contributed by atoms with Crippen LogP contribution in [0.5, 0.6) is 17.2 Å². The number of hydrogen-bond acceptors (Lipinski definition) is 3. The minimum atomic E-state index is -0.418. The van der Waals surface area contributed by atoms with Gasteiger partial charge in [-0.15, -0.1) is 0 Å². The Morgan fingerprint density at radius 1 is 0.296 bits per heavy atom. The zero-order valence-electron chi connectivity index (χ0n) is 31.9. The first-order chi connectivity index (χ1) is 25.8. The van der Waals surface area contributed by atoms with E-state index in [9.17, 15) is 15.3 Å². The van der Waals surface area contributed by atoms with Crippen LogP contribution in [-0.2, 0) is 16.2 Å². The summed E-state index contributed by atoms with van der Waals surface area (Å²) < 4.78 is 0. The fourth-order valence-electron chi connectivity index (χ4n) is 7.94. The maximum Gasteiger partial charge on any atom is 0.115 e. The van der Waals surface area contributed by atoms with Crippen LogP contribution in [0.2, 0.25) is 0 Å². The normalized spacial score (nSPS) is 12.1. The van der Waals surface area contributed by atoms with Crippen molar-refractivity contribution in [3.05, 3.63) is 197 Å².